The molecule has 123 heavy (non-hydrogen) atoms. The number of aliphatic carboxylic acids is 1. The monoisotopic (exact) mass is 1710 g/mol. The number of fused-ring (bicyclic) bond motifs is 2. The van der Waals surface area contributed by atoms with E-state index < -0.39 is 163 Å². The number of hydrogen-bond donors (Lipinski definition) is 22. The number of carbonyl (C=O) groups is 13. The second kappa shape index (κ2) is 51.6. The van der Waals surface area contributed by atoms with E-state index in [2.05, 4.69) is 107 Å². The molecule has 0 spiro atoms. The van der Waals surface area contributed by atoms with Gasteiger partial charge in [-0.25, -0.2) is 4.42 Å². The molecule has 0 fully saturated rings. The minimum Gasteiger partial charge on any atom is -0.548 e. The number of guanidine groups is 3. The Labute approximate surface area is 716 Å². The highest BCUT2D eigenvalue weighted by Crippen LogP contribution is 2.41. The van der Waals surface area contributed by atoms with Crippen molar-refractivity contribution in [3.8, 4) is 11.1 Å². The molecule has 39 heteroatoms. The van der Waals surface area contributed by atoms with Gasteiger partial charge in [0.15, 0.2) is 17.9 Å². The summed E-state index contributed by atoms with van der Waals surface area (Å²) in [4.78, 5) is 187. The first-order chi connectivity index (χ1) is 58.5. The molecule has 0 bridgehead atoms. The number of rotatable bonds is 55. The van der Waals surface area contributed by atoms with Crippen LogP contribution in [0.15, 0.2) is 95.4 Å². The number of carbonyl (C=O) groups excluding carboxylic acids is 13. The standard InChI is InChI=1S/C84H126N24O15/c1-9-107(10-2)51-31-33-55-65(45-51)123-66-46-52(108(11-3)12-4)32-34-56(66)70(55)53-25-16-17-26-54(53)72(112)99-60(35-37-67(86)109)76(116)100-59(29-21-41-95-83(90)91)75(115)104-63(43-48(5)6)78(118)105-64(44-50-23-14-13-15-24-50)79(119)101-61(36-38-68(87)110)77(117)106-71(49(7)8)80(120)102-57(27-18-19-39-85)73(113)97-47-69(111)98-58(28-20-40-94-82(88)89)74(114)103-62(81(121)122)30-22-42-96-84(92)93/h13-17,23-26,31-34,45-46,48-49,57-64,71H,9-12,18-22,27-30,35-44,47,85H2,1-8H3,(H26-,86,87,88,89,90,91,92,93,94,95,96,97,98,99,100,101,102,103,104,105,106,109,110,111,112,113,114,115,116,117,118,119,120,121,122)/t57-,58-,59-,60-,61-,62-,63-,64-,71-/m0/s1. The maximum absolute atomic E-state index is 15.1. The number of carboxylic acids is 1. The summed E-state index contributed by atoms with van der Waals surface area (Å²) in [6.07, 6.45) is -1.36. The number of hydrogen-bond acceptors (Lipinski definition) is 20. The Bertz CT molecular complexity index is 4400. The topological polar surface area (TPSA) is 647 Å². The molecule has 4 aromatic carbocycles. The van der Waals surface area contributed by atoms with E-state index in [0.29, 0.717) is 45.0 Å². The van der Waals surface area contributed by atoms with Crippen LogP contribution in [-0.4, -0.2) is 208 Å². The van der Waals surface area contributed by atoms with Crippen LogP contribution in [0.25, 0.3) is 33.1 Å². The molecule has 0 saturated carbocycles. The van der Waals surface area contributed by atoms with Gasteiger partial charge in [0.2, 0.25) is 65.0 Å². The Morgan fingerprint density at radius 3 is 1.31 bits per heavy atom. The molecule has 12 amide bonds. The second-order valence-electron chi connectivity index (χ2n) is 30.6. The molecule has 9 atom stereocenters. The highest BCUT2D eigenvalue weighted by Gasteiger charge is 2.37. The van der Waals surface area contributed by atoms with E-state index in [0.717, 1.165) is 37.6 Å². The van der Waals surface area contributed by atoms with Crippen LogP contribution < -0.4 is 118 Å². The molecular formula is C84H126N24O15. The van der Waals surface area contributed by atoms with Crippen molar-refractivity contribution in [2.75, 3.05) is 68.7 Å². The zero-order valence-corrected chi connectivity index (χ0v) is 71.5. The molecule has 672 valence electrons. The predicted molar refractivity (Wildman–Crippen MR) is 467 cm³/mol. The SMILES string of the molecule is CCN(CC)c1ccc2c(-c3ccccc3C(=O)N[C@@H](CCC(N)=O)C(=O)N[C@@H](CCCNC(=N)N)C(=O)N[C@@H](CC(C)C)C(=O)N[C@@H](Cc3ccccc3)C(=O)N[C@@H](CCC(N)=O)C(=O)N[C@H](C(=O)N[C@@H](CCCCN)C(=O)NCC(=O)N[C@@H](CCCNC(=N)N)C(=O)N[C@@H](CCCNC(=N)N)C(=O)[O-])C(C)C)c3ccc(N(CC)CC)cc3[o+]c2c1. The smallest absolute Gasteiger partial charge is 0.363 e. The lowest BCUT2D eigenvalue weighted by Crippen LogP contribution is -2.61. The van der Waals surface area contributed by atoms with Crippen LogP contribution in [0, 0.1) is 28.1 Å². The number of anilines is 2. The molecular weight excluding hydrogens is 1590 g/mol. The number of nitrogens with zero attached hydrogens (tertiary/aromatic N) is 2. The number of nitrogens with two attached hydrogens (primary N) is 6. The van der Waals surface area contributed by atoms with Gasteiger partial charge < -0.3 is 123 Å². The molecule has 0 aliphatic heterocycles. The summed E-state index contributed by atoms with van der Waals surface area (Å²) in [5.74, 6) is -14.6. The first kappa shape index (κ1) is 101. The van der Waals surface area contributed by atoms with E-state index in [1.807, 2.05) is 36.4 Å². The van der Waals surface area contributed by atoms with Gasteiger partial charge in [-0.15, -0.1) is 0 Å². The fourth-order valence-electron chi connectivity index (χ4n) is 13.8. The number of carboxylic acid groups (broad SMARTS) is 1. The maximum Gasteiger partial charge on any atom is 0.363 e. The number of unbranched alkanes of at least 4 members (excludes halogenated alkanes) is 1. The van der Waals surface area contributed by atoms with Gasteiger partial charge in [-0.2, -0.15) is 0 Å². The molecule has 5 aromatic rings. The Morgan fingerprint density at radius 2 is 0.837 bits per heavy atom. The largest absolute Gasteiger partial charge is 0.548 e. The normalized spacial score (nSPS) is 13.3. The van der Waals surface area contributed by atoms with Crippen molar-refractivity contribution in [3.05, 3.63) is 102 Å². The third-order valence-corrected chi connectivity index (χ3v) is 20.3. The lowest BCUT2D eigenvalue weighted by atomic mass is 9.92. The lowest BCUT2D eigenvalue weighted by molar-refractivity contribution is -0.308. The van der Waals surface area contributed by atoms with Gasteiger partial charge in [0.1, 0.15) is 48.3 Å². The second-order valence-corrected chi connectivity index (χ2v) is 30.6. The van der Waals surface area contributed by atoms with Gasteiger partial charge in [-0.3, -0.25) is 73.8 Å². The summed E-state index contributed by atoms with van der Waals surface area (Å²) >= 11 is 0. The Balaban J connectivity index is 1.42. The Morgan fingerprint density at radius 1 is 0.431 bits per heavy atom. The van der Waals surface area contributed by atoms with Crippen molar-refractivity contribution < 1.29 is 71.9 Å². The van der Waals surface area contributed by atoms with E-state index in [1.165, 1.54) is 0 Å². The van der Waals surface area contributed by atoms with Gasteiger partial charge in [0.25, 0.3) is 5.91 Å². The van der Waals surface area contributed by atoms with Crippen LogP contribution >= 0.6 is 0 Å². The summed E-state index contributed by atoms with van der Waals surface area (Å²) in [6.45, 7) is 17.4. The summed E-state index contributed by atoms with van der Waals surface area (Å²) in [6, 6.07) is 13.6. The average Bonchev–Trinajstić information content (AvgIpc) is 0.743. The predicted octanol–water partition coefficient (Wildman–Crippen LogP) is -0.536. The van der Waals surface area contributed by atoms with Crippen LogP contribution in [0.3, 0.4) is 0 Å². The summed E-state index contributed by atoms with van der Waals surface area (Å²) < 4.78 is 6.73. The first-order valence-corrected chi connectivity index (χ1v) is 41.7. The highest BCUT2D eigenvalue weighted by molar-refractivity contribution is 6.14. The molecule has 0 saturated heterocycles. The lowest BCUT2D eigenvalue weighted by Gasteiger charge is -2.29. The van der Waals surface area contributed by atoms with E-state index in [-0.39, 0.29) is 126 Å². The quantitative estimate of drug-likeness (QED) is 0.00764. The van der Waals surface area contributed by atoms with Crippen LogP contribution in [0.1, 0.15) is 161 Å². The van der Waals surface area contributed by atoms with Crippen molar-refractivity contribution in [1.29, 1.82) is 16.2 Å². The number of amides is 12. The number of benzene rings is 4. The molecule has 0 unspecified atom stereocenters. The highest BCUT2D eigenvalue weighted by atomic mass is 16.4. The third kappa shape index (κ3) is 33.5. The maximum atomic E-state index is 15.1. The molecule has 0 aliphatic rings. The van der Waals surface area contributed by atoms with Crippen molar-refractivity contribution in [2.45, 2.75) is 206 Å². The fraction of sp³-hybridized carbons (Fsp3) is 0.512. The van der Waals surface area contributed by atoms with Crippen molar-refractivity contribution >= 4 is 128 Å². The minimum atomic E-state index is -1.65. The third-order valence-electron chi connectivity index (χ3n) is 20.3. The van der Waals surface area contributed by atoms with E-state index in [9.17, 15) is 53.1 Å². The molecule has 1 aromatic heterocycles. The number of primary amides is 2. The fourth-order valence-corrected chi connectivity index (χ4v) is 13.8. The molecule has 28 N–H and O–H groups in total. The summed E-state index contributed by atoms with van der Waals surface area (Å²) in [5, 5.41) is 70.0. The molecule has 1 heterocycles. The first-order valence-electron chi connectivity index (χ1n) is 41.7. The van der Waals surface area contributed by atoms with Gasteiger partial charge in [0.05, 0.1) is 41.5 Å². The van der Waals surface area contributed by atoms with Crippen molar-refractivity contribution in [1.82, 2.24) is 69.1 Å². The Kier molecular flexibility index (Phi) is 42.2. The minimum absolute atomic E-state index is 0.0387. The Hall–Kier alpha value is -13.0. The van der Waals surface area contributed by atoms with Crippen LogP contribution in [0.4, 0.5) is 11.4 Å². The van der Waals surface area contributed by atoms with Gasteiger partial charge >= 0.3 is 11.2 Å². The van der Waals surface area contributed by atoms with Crippen molar-refractivity contribution in [2.24, 2.45) is 46.2 Å². The summed E-state index contributed by atoms with van der Waals surface area (Å²) in [7, 11) is 0. The molecule has 5 rings (SSSR count). The molecule has 0 aliphatic carbocycles. The average molecular weight is 1710 g/mol. The van der Waals surface area contributed by atoms with Gasteiger partial charge in [-0.05, 0) is 165 Å². The zero-order valence-electron chi connectivity index (χ0n) is 71.5. The summed E-state index contributed by atoms with van der Waals surface area (Å²) in [5.41, 5.74) is 38.2. The number of nitrogens with one attached hydrogen (secondary N) is 16. The van der Waals surface area contributed by atoms with E-state index >= 15 is 14.4 Å². The van der Waals surface area contributed by atoms with Crippen LogP contribution in [0.5, 0.6) is 0 Å². The molecule has 39 nitrogen and oxygen atoms in total. The van der Waals surface area contributed by atoms with E-state index in [1.54, 1.807) is 82.3 Å². The van der Waals surface area contributed by atoms with Gasteiger partial charge in [0, 0.05) is 87.6 Å². The van der Waals surface area contributed by atoms with E-state index in [4.69, 9.17) is 55.0 Å². The molecule has 0 radical (unpaired) electrons. The van der Waals surface area contributed by atoms with Crippen LogP contribution in [0.2, 0.25) is 0 Å². The van der Waals surface area contributed by atoms with Crippen LogP contribution in [-0.2, 0) is 64.0 Å². The van der Waals surface area contributed by atoms with Crippen molar-refractivity contribution in [3.63, 3.8) is 0 Å². The van der Waals surface area contributed by atoms with Gasteiger partial charge in [-0.1, -0.05) is 76.2 Å². The zero-order chi connectivity index (χ0) is 91.0.